The molecule has 0 radical (unpaired) electrons. The van der Waals surface area contributed by atoms with Gasteiger partial charge in [-0.2, -0.15) is 5.10 Å². The molecular weight excluding hydrogens is 450 g/mol. The van der Waals surface area contributed by atoms with E-state index in [9.17, 15) is 13.6 Å². The molecule has 2 unspecified atom stereocenters. The van der Waals surface area contributed by atoms with Crippen molar-refractivity contribution < 1.29 is 18.3 Å². The van der Waals surface area contributed by atoms with Crippen molar-refractivity contribution >= 4 is 23.2 Å². The molecular formula is C24H23ClF2N4O2. The lowest BCUT2D eigenvalue weighted by Crippen LogP contribution is -2.38. The van der Waals surface area contributed by atoms with Gasteiger partial charge in [0, 0.05) is 11.6 Å². The van der Waals surface area contributed by atoms with Crippen LogP contribution in [0.25, 0.3) is 5.65 Å². The van der Waals surface area contributed by atoms with Crippen molar-refractivity contribution in [1.29, 1.82) is 0 Å². The lowest BCUT2D eigenvalue weighted by molar-refractivity contribution is 0.0244. The first kappa shape index (κ1) is 20.8. The van der Waals surface area contributed by atoms with Gasteiger partial charge in [-0.1, -0.05) is 11.6 Å². The maximum Gasteiger partial charge on any atom is 0.258 e. The Kier molecular flexibility index (Phi) is 4.83. The highest BCUT2D eigenvalue weighted by Gasteiger charge is 2.44. The third-order valence-electron chi connectivity index (χ3n) is 7.30. The molecule has 3 aromatic rings. The van der Waals surface area contributed by atoms with Crippen LogP contribution in [0.1, 0.15) is 53.0 Å². The molecule has 1 aliphatic heterocycles. The lowest BCUT2D eigenvalue weighted by atomic mass is 9.85. The summed E-state index contributed by atoms with van der Waals surface area (Å²) < 4.78 is 36.7. The van der Waals surface area contributed by atoms with E-state index >= 15 is 0 Å². The second-order valence-electron chi connectivity index (χ2n) is 9.44. The van der Waals surface area contributed by atoms with Crippen molar-refractivity contribution in [2.75, 3.05) is 0 Å². The largest absolute Gasteiger partial charge is 0.486 e. The summed E-state index contributed by atoms with van der Waals surface area (Å²) >= 11 is 6.15. The minimum atomic E-state index is -1.10. The molecule has 6 nitrogen and oxygen atoms in total. The molecule has 1 amide bonds. The number of rotatable bonds is 3. The van der Waals surface area contributed by atoms with Gasteiger partial charge in [0.1, 0.15) is 23.8 Å². The van der Waals surface area contributed by atoms with Crippen molar-refractivity contribution in [1.82, 2.24) is 19.5 Å². The minimum Gasteiger partial charge on any atom is -0.486 e. The van der Waals surface area contributed by atoms with Crippen molar-refractivity contribution in [3.05, 3.63) is 57.8 Å². The van der Waals surface area contributed by atoms with Gasteiger partial charge in [0.05, 0.1) is 41.3 Å². The first-order valence-corrected chi connectivity index (χ1v) is 11.7. The zero-order valence-corrected chi connectivity index (χ0v) is 18.9. The maximum absolute atomic E-state index is 15.0. The number of hydrogen-bond acceptors (Lipinski definition) is 4. The number of nitrogens with zero attached hydrogens (tertiary/aromatic N) is 4. The number of carbonyl (C=O) groups excluding carboxylic acids is 1. The predicted octanol–water partition coefficient (Wildman–Crippen LogP) is 4.89. The molecule has 2 aromatic heterocycles. The van der Waals surface area contributed by atoms with Crippen LogP contribution in [0.4, 0.5) is 8.78 Å². The van der Waals surface area contributed by atoms with Crippen molar-refractivity contribution in [2.24, 2.45) is 11.8 Å². The summed E-state index contributed by atoms with van der Waals surface area (Å²) in [6.45, 7) is 2.43. The van der Waals surface area contributed by atoms with Crippen LogP contribution in [-0.2, 0) is 13.1 Å². The van der Waals surface area contributed by atoms with Crippen LogP contribution in [0.5, 0.6) is 5.75 Å². The molecule has 33 heavy (non-hydrogen) atoms. The highest BCUT2D eigenvalue weighted by molar-refractivity contribution is 6.31. The standard InChI is InChI=1S/C24H23ClF2N4O2/c1-12-18(25)10-31-23(28-12)17-9-30(11-19(17)29-31)24(32)16-5-4-15(26)8-20(16)33-21-7-13-2-3-14(6-13)22(21)27/h4-5,8,10,13-14,21-22H,2-3,6-7,9,11H2,1H3/t13?,14-,21+,22?/m1/s1. The highest BCUT2D eigenvalue weighted by Crippen LogP contribution is 2.45. The summed E-state index contributed by atoms with van der Waals surface area (Å²) in [6, 6.07) is 3.84. The Labute approximate surface area is 194 Å². The molecule has 3 heterocycles. The smallest absolute Gasteiger partial charge is 0.258 e. The number of aromatic nitrogens is 3. The lowest BCUT2D eigenvalue weighted by Gasteiger charge is -2.32. The second kappa shape index (κ2) is 7.65. The van der Waals surface area contributed by atoms with Crippen LogP contribution >= 0.6 is 11.6 Å². The minimum absolute atomic E-state index is 0.00384. The van der Waals surface area contributed by atoms with E-state index in [-0.39, 0.29) is 23.1 Å². The zero-order chi connectivity index (χ0) is 22.9. The number of benzene rings is 1. The van der Waals surface area contributed by atoms with Crippen LogP contribution < -0.4 is 4.74 Å². The maximum atomic E-state index is 15.0. The number of fused-ring (bicyclic) bond motifs is 5. The van der Waals surface area contributed by atoms with Gasteiger partial charge in [-0.25, -0.2) is 18.3 Å². The molecule has 2 aliphatic carbocycles. The van der Waals surface area contributed by atoms with Crippen molar-refractivity contribution in [3.63, 3.8) is 0 Å². The number of ether oxygens (including phenoxy) is 1. The molecule has 0 N–H and O–H groups in total. The zero-order valence-electron chi connectivity index (χ0n) is 18.1. The van der Waals surface area contributed by atoms with Gasteiger partial charge >= 0.3 is 0 Å². The molecule has 3 aliphatic rings. The Balaban J connectivity index is 1.27. The Hall–Kier alpha value is -2.74. The number of carbonyl (C=O) groups is 1. The molecule has 2 bridgehead atoms. The van der Waals surface area contributed by atoms with Crippen LogP contribution in [-0.4, -0.2) is 37.7 Å². The summed E-state index contributed by atoms with van der Waals surface area (Å²) in [5.41, 5.74) is 3.19. The first-order chi connectivity index (χ1) is 15.9. The average Bonchev–Trinajstić information content (AvgIpc) is 3.46. The summed E-state index contributed by atoms with van der Waals surface area (Å²) in [5, 5.41) is 5.04. The third-order valence-corrected chi connectivity index (χ3v) is 7.67. The Morgan fingerprint density at radius 3 is 2.94 bits per heavy atom. The number of aryl methyl sites for hydroxylation is 1. The van der Waals surface area contributed by atoms with Gasteiger partial charge in [0.2, 0.25) is 0 Å². The fraction of sp³-hybridized carbons (Fsp3) is 0.458. The Morgan fingerprint density at radius 2 is 2.09 bits per heavy atom. The van der Waals surface area contributed by atoms with E-state index in [1.807, 2.05) is 6.92 Å². The highest BCUT2D eigenvalue weighted by atomic mass is 35.5. The van der Waals surface area contributed by atoms with E-state index in [0.29, 0.717) is 41.8 Å². The topological polar surface area (TPSA) is 59.7 Å². The van der Waals surface area contributed by atoms with Crippen LogP contribution in [0.3, 0.4) is 0 Å². The van der Waals surface area contributed by atoms with Gasteiger partial charge in [0.15, 0.2) is 5.65 Å². The van der Waals surface area contributed by atoms with E-state index in [4.69, 9.17) is 16.3 Å². The molecule has 0 saturated heterocycles. The quantitative estimate of drug-likeness (QED) is 0.544. The summed E-state index contributed by atoms with van der Waals surface area (Å²) in [7, 11) is 0. The Bertz CT molecular complexity index is 1280. The fourth-order valence-electron chi connectivity index (χ4n) is 5.58. The van der Waals surface area contributed by atoms with Gasteiger partial charge in [-0.15, -0.1) is 0 Å². The summed E-state index contributed by atoms with van der Waals surface area (Å²) in [4.78, 5) is 19.6. The molecule has 6 rings (SSSR count). The normalized spacial score (nSPS) is 26.1. The molecule has 1 aromatic carbocycles. The average molecular weight is 473 g/mol. The van der Waals surface area contributed by atoms with E-state index in [1.165, 1.54) is 18.2 Å². The van der Waals surface area contributed by atoms with Gasteiger partial charge in [-0.3, -0.25) is 4.79 Å². The first-order valence-electron chi connectivity index (χ1n) is 11.3. The number of alkyl halides is 1. The van der Waals surface area contributed by atoms with E-state index < -0.39 is 18.1 Å². The van der Waals surface area contributed by atoms with Crippen LogP contribution in [0, 0.1) is 24.6 Å². The monoisotopic (exact) mass is 472 g/mol. The summed E-state index contributed by atoms with van der Waals surface area (Å²) in [5.74, 6) is -0.283. The molecule has 4 atom stereocenters. The second-order valence-corrected chi connectivity index (χ2v) is 9.85. The Morgan fingerprint density at radius 1 is 1.24 bits per heavy atom. The van der Waals surface area contributed by atoms with Crippen LogP contribution in [0.2, 0.25) is 5.02 Å². The van der Waals surface area contributed by atoms with Crippen molar-refractivity contribution in [3.8, 4) is 5.75 Å². The SMILES string of the molecule is Cc1nc2c3c(nn2cc1Cl)CN(C(=O)c1ccc(F)cc1O[C@H]1CC2CC[C@H](C2)C1F)C3. The van der Waals surface area contributed by atoms with Crippen molar-refractivity contribution in [2.45, 2.75) is 58.0 Å². The molecule has 9 heteroatoms. The molecule has 172 valence electrons. The summed E-state index contributed by atoms with van der Waals surface area (Å²) in [6.07, 6.45) is 3.33. The number of halogens is 3. The fourth-order valence-corrected chi connectivity index (χ4v) is 5.72. The molecule has 0 spiro atoms. The predicted molar refractivity (Wildman–Crippen MR) is 117 cm³/mol. The number of amides is 1. The van der Waals surface area contributed by atoms with Crippen LogP contribution in [0.15, 0.2) is 24.4 Å². The molecule has 2 saturated carbocycles. The molecule has 2 fully saturated rings. The third kappa shape index (κ3) is 3.46. The number of hydrogen-bond donors (Lipinski definition) is 0. The van der Waals surface area contributed by atoms with E-state index in [0.717, 1.165) is 30.5 Å². The van der Waals surface area contributed by atoms with E-state index in [2.05, 4.69) is 10.1 Å². The van der Waals surface area contributed by atoms with Gasteiger partial charge in [0.25, 0.3) is 5.91 Å². The van der Waals surface area contributed by atoms with E-state index in [1.54, 1.807) is 15.6 Å². The van der Waals surface area contributed by atoms with Gasteiger partial charge < -0.3 is 9.64 Å². The van der Waals surface area contributed by atoms with Gasteiger partial charge in [-0.05, 0) is 56.6 Å².